The minimum atomic E-state index is -0.444. The molecule has 2 rings (SSSR count). The van der Waals surface area contributed by atoms with Gasteiger partial charge in [-0.3, -0.25) is 14.8 Å². The zero-order valence-electron chi connectivity index (χ0n) is 11.6. The number of nitro groups is 1. The van der Waals surface area contributed by atoms with Crippen molar-refractivity contribution >= 4 is 5.69 Å². The van der Waals surface area contributed by atoms with Crippen molar-refractivity contribution in [3.63, 3.8) is 0 Å². The first-order valence-electron chi connectivity index (χ1n) is 6.79. The molecule has 1 aliphatic rings. The molecule has 1 unspecified atom stereocenters. The third-order valence-electron chi connectivity index (χ3n) is 3.34. The fourth-order valence-corrected chi connectivity index (χ4v) is 2.32. The van der Waals surface area contributed by atoms with Crippen molar-refractivity contribution in [2.24, 2.45) is 5.73 Å². The Hall–Kier alpha value is -1.67. The van der Waals surface area contributed by atoms with Crippen molar-refractivity contribution < 1.29 is 14.4 Å². The molecule has 1 fully saturated rings. The molecule has 0 radical (unpaired) electrons. The highest BCUT2D eigenvalue weighted by molar-refractivity contribution is 5.45. The number of hydrogen-bond acceptors (Lipinski definition) is 6. The topological polar surface area (TPSA) is 105 Å². The Balaban J connectivity index is 2.23. The molecule has 1 atom stereocenters. The van der Waals surface area contributed by atoms with E-state index in [1.54, 1.807) is 11.6 Å². The van der Waals surface area contributed by atoms with E-state index < -0.39 is 4.92 Å². The molecule has 0 aliphatic carbocycles. The molecule has 2 N–H and O–H groups in total. The Kier molecular flexibility index (Phi) is 4.91. The molecule has 1 saturated heterocycles. The summed E-state index contributed by atoms with van der Waals surface area (Å²) in [6.07, 6.45) is 2.47. The van der Waals surface area contributed by atoms with Crippen LogP contribution in [0, 0.1) is 17.0 Å². The normalized spacial score (nSPS) is 19.0. The van der Waals surface area contributed by atoms with Crippen LogP contribution in [0.1, 0.15) is 31.0 Å². The maximum atomic E-state index is 11.2. The molecule has 0 amide bonds. The van der Waals surface area contributed by atoms with Crippen LogP contribution in [0.5, 0.6) is 5.88 Å². The summed E-state index contributed by atoms with van der Waals surface area (Å²) in [5, 5.41) is 15.4. The Morgan fingerprint density at radius 2 is 2.45 bits per heavy atom. The van der Waals surface area contributed by atoms with E-state index >= 15 is 0 Å². The van der Waals surface area contributed by atoms with Gasteiger partial charge in [0.05, 0.1) is 24.2 Å². The standard InChI is InChI=1S/C12H20N4O4/c1-9-11(16(17)18)12(20-7-3-5-13)14-15(9)10-4-2-6-19-8-10/h10H,2-8,13H2,1H3. The first-order valence-corrected chi connectivity index (χ1v) is 6.79. The molecule has 8 nitrogen and oxygen atoms in total. The van der Waals surface area contributed by atoms with E-state index in [0.717, 1.165) is 19.4 Å². The molecule has 112 valence electrons. The Labute approximate surface area is 117 Å². The minimum absolute atomic E-state index is 0.0364. The smallest absolute Gasteiger partial charge is 0.352 e. The Morgan fingerprint density at radius 3 is 3.05 bits per heavy atom. The summed E-state index contributed by atoms with van der Waals surface area (Å²) < 4.78 is 12.5. The van der Waals surface area contributed by atoms with Crippen LogP contribution in [-0.4, -0.2) is 41.1 Å². The van der Waals surface area contributed by atoms with Crippen molar-refractivity contribution in [3.8, 4) is 5.88 Å². The Morgan fingerprint density at radius 1 is 1.65 bits per heavy atom. The summed E-state index contributed by atoms with van der Waals surface area (Å²) in [4.78, 5) is 10.7. The highest BCUT2D eigenvalue weighted by atomic mass is 16.6. The summed E-state index contributed by atoms with van der Waals surface area (Å²) in [7, 11) is 0. The third-order valence-corrected chi connectivity index (χ3v) is 3.34. The fourth-order valence-electron chi connectivity index (χ4n) is 2.32. The number of nitrogens with zero attached hydrogens (tertiary/aromatic N) is 3. The highest BCUT2D eigenvalue weighted by Gasteiger charge is 2.30. The van der Waals surface area contributed by atoms with Gasteiger partial charge in [-0.15, -0.1) is 5.10 Å². The second-order valence-corrected chi connectivity index (χ2v) is 4.80. The molecule has 0 spiro atoms. The zero-order chi connectivity index (χ0) is 14.5. The predicted octanol–water partition coefficient (Wildman–Crippen LogP) is 1.18. The van der Waals surface area contributed by atoms with Gasteiger partial charge in [0.1, 0.15) is 5.69 Å². The lowest BCUT2D eigenvalue weighted by Gasteiger charge is -2.22. The number of hydrogen-bond donors (Lipinski definition) is 1. The number of rotatable bonds is 6. The van der Waals surface area contributed by atoms with Gasteiger partial charge in [0.2, 0.25) is 0 Å². The minimum Gasteiger partial charge on any atom is -0.472 e. The van der Waals surface area contributed by atoms with Crippen LogP contribution in [0.15, 0.2) is 0 Å². The molecule has 8 heteroatoms. The molecule has 0 aromatic carbocycles. The van der Waals surface area contributed by atoms with Gasteiger partial charge in [0, 0.05) is 6.61 Å². The van der Waals surface area contributed by atoms with Crippen molar-refractivity contribution in [2.75, 3.05) is 26.4 Å². The Bertz CT molecular complexity index is 468. The summed E-state index contributed by atoms with van der Waals surface area (Å²) >= 11 is 0. The quantitative estimate of drug-likeness (QED) is 0.477. The van der Waals surface area contributed by atoms with Gasteiger partial charge in [0.25, 0.3) is 0 Å². The van der Waals surface area contributed by atoms with E-state index in [1.807, 2.05) is 0 Å². The third kappa shape index (κ3) is 3.07. The van der Waals surface area contributed by atoms with Gasteiger partial charge in [-0.2, -0.15) is 0 Å². The second kappa shape index (κ2) is 6.67. The monoisotopic (exact) mass is 284 g/mol. The molecule has 20 heavy (non-hydrogen) atoms. The first-order chi connectivity index (χ1) is 9.65. The predicted molar refractivity (Wildman–Crippen MR) is 71.9 cm³/mol. The molecular weight excluding hydrogens is 264 g/mol. The lowest BCUT2D eigenvalue weighted by molar-refractivity contribution is -0.386. The largest absolute Gasteiger partial charge is 0.472 e. The summed E-state index contributed by atoms with van der Waals surface area (Å²) in [5.41, 5.74) is 5.83. The van der Waals surface area contributed by atoms with Gasteiger partial charge in [-0.1, -0.05) is 0 Å². The van der Waals surface area contributed by atoms with Crippen LogP contribution in [0.3, 0.4) is 0 Å². The van der Waals surface area contributed by atoms with Gasteiger partial charge < -0.3 is 15.2 Å². The van der Waals surface area contributed by atoms with Crippen LogP contribution in [-0.2, 0) is 4.74 Å². The molecule has 1 aromatic rings. The van der Waals surface area contributed by atoms with Crippen LogP contribution in [0.25, 0.3) is 0 Å². The molecule has 1 aliphatic heterocycles. The lowest BCUT2D eigenvalue weighted by Crippen LogP contribution is -2.23. The van der Waals surface area contributed by atoms with Gasteiger partial charge in [0.15, 0.2) is 0 Å². The van der Waals surface area contributed by atoms with E-state index in [-0.39, 0.29) is 17.6 Å². The van der Waals surface area contributed by atoms with Crippen LogP contribution in [0.2, 0.25) is 0 Å². The van der Waals surface area contributed by atoms with Crippen molar-refractivity contribution in [3.05, 3.63) is 15.8 Å². The molecule has 2 heterocycles. The zero-order valence-corrected chi connectivity index (χ0v) is 11.6. The van der Waals surface area contributed by atoms with E-state index in [2.05, 4.69) is 5.10 Å². The average Bonchev–Trinajstić information content (AvgIpc) is 2.77. The van der Waals surface area contributed by atoms with E-state index in [9.17, 15) is 10.1 Å². The summed E-state index contributed by atoms with van der Waals surface area (Å²) in [5.74, 6) is 0.0755. The lowest BCUT2D eigenvalue weighted by atomic mass is 10.1. The van der Waals surface area contributed by atoms with Crippen molar-refractivity contribution in [2.45, 2.75) is 32.2 Å². The molecule has 0 bridgehead atoms. The van der Waals surface area contributed by atoms with Gasteiger partial charge >= 0.3 is 11.6 Å². The van der Waals surface area contributed by atoms with Gasteiger partial charge in [-0.25, -0.2) is 0 Å². The number of ether oxygens (including phenoxy) is 2. The molecular formula is C12H20N4O4. The first kappa shape index (κ1) is 14.7. The van der Waals surface area contributed by atoms with Crippen LogP contribution >= 0.6 is 0 Å². The highest BCUT2D eigenvalue weighted by Crippen LogP contribution is 2.33. The maximum Gasteiger partial charge on any atom is 0.352 e. The van der Waals surface area contributed by atoms with E-state index in [1.165, 1.54) is 0 Å². The maximum absolute atomic E-state index is 11.2. The SMILES string of the molecule is Cc1c([N+](=O)[O-])c(OCCCN)nn1C1CCCOC1. The summed E-state index contributed by atoms with van der Waals surface area (Å²) in [6.45, 7) is 3.76. The fraction of sp³-hybridized carbons (Fsp3) is 0.750. The van der Waals surface area contributed by atoms with E-state index in [4.69, 9.17) is 15.2 Å². The van der Waals surface area contributed by atoms with Gasteiger partial charge in [-0.05, 0) is 32.7 Å². The van der Waals surface area contributed by atoms with Crippen LogP contribution < -0.4 is 10.5 Å². The van der Waals surface area contributed by atoms with Crippen LogP contribution in [0.4, 0.5) is 5.69 Å². The second-order valence-electron chi connectivity index (χ2n) is 4.80. The molecule has 1 aromatic heterocycles. The molecule has 0 saturated carbocycles. The van der Waals surface area contributed by atoms with Crippen molar-refractivity contribution in [1.82, 2.24) is 9.78 Å². The van der Waals surface area contributed by atoms with E-state index in [0.29, 0.717) is 31.9 Å². The summed E-state index contributed by atoms with van der Waals surface area (Å²) in [6, 6.07) is 0.0364. The number of aromatic nitrogens is 2. The van der Waals surface area contributed by atoms with Crippen molar-refractivity contribution in [1.29, 1.82) is 0 Å². The number of nitrogens with two attached hydrogens (primary N) is 1. The average molecular weight is 284 g/mol.